The molecule has 0 bridgehead atoms. The summed E-state index contributed by atoms with van der Waals surface area (Å²) < 4.78 is 5.72. The minimum atomic E-state index is -0.481. The zero-order valence-electron chi connectivity index (χ0n) is 15.3. The molecule has 1 aliphatic rings. The number of amides is 1. The van der Waals surface area contributed by atoms with Gasteiger partial charge in [0, 0.05) is 24.5 Å². The van der Waals surface area contributed by atoms with E-state index < -0.39 is 6.10 Å². The van der Waals surface area contributed by atoms with Gasteiger partial charge in [0.15, 0.2) is 6.10 Å². The Morgan fingerprint density at radius 3 is 2.54 bits per heavy atom. The number of nitrogens with zero attached hydrogens (tertiary/aromatic N) is 1. The van der Waals surface area contributed by atoms with Gasteiger partial charge >= 0.3 is 0 Å². The van der Waals surface area contributed by atoms with Gasteiger partial charge in [-0.15, -0.1) is 0 Å². The van der Waals surface area contributed by atoms with Gasteiger partial charge in [-0.25, -0.2) is 0 Å². The predicted octanol–water partition coefficient (Wildman–Crippen LogP) is 3.80. The first-order valence-corrected chi connectivity index (χ1v) is 9.49. The second-order valence-corrected chi connectivity index (χ2v) is 6.99. The molecule has 1 unspecified atom stereocenters. The van der Waals surface area contributed by atoms with Gasteiger partial charge < -0.3 is 10.1 Å². The van der Waals surface area contributed by atoms with Gasteiger partial charge in [-0.2, -0.15) is 0 Å². The summed E-state index contributed by atoms with van der Waals surface area (Å²) in [6.45, 7) is 7.89. The quantitative estimate of drug-likeness (QED) is 0.803. The van der Waals surface area contributed by atoms with Crippen molar-refractivity contribution in [3.05, 3.63) is 64.2 Å². The fraction of sp³-hybridized carbons (Fsp3) is 0.381. The van der Waals surface area contributed by atoms with E-state index >= 15 is 0 Å². The van der Waals surface area contributed by atoms with Crippen LogP contribution in [0.2, 0.25) is 5.02 Å². The first-order chi connectivity index (χ1) is 12.6. The summed E-state index contributed by atoms with van der Waals surface area (Å²) in [6.07, 6.45) is 0.0789. The summed E-state index contributed by atoms with van der Waals surface area (Å²) in [4.78, 5) is 14.8. The van der Waals surface area contributed by atoms with Crippen LogP contribution in [-0.2, 0) is 24.3 Å². The van der Waals surface area contributed by atoms with E-state index in [-0.39, 0.29) is 5.91 Å². The van der Waals surface area contributed by atoms with Gasteiger partial charge in [0.05, 0.1) is 0 Å². The van der Waals surface area contributed by atoms with Crippen LogP contribution in [0.3, 0.4) is 0 Å². The lowest BCUT2D eigenvalue weighted by molar-refractivity contribution is -0.127. The summed E-state index contributed by atoms with van der Waals surface area (Å²) >= 11 is 6.00. The number of hydrogen-bond donors (Lipinski definition) is 1. The molecule has 0 saturated carbocycles. The number of nitrogens with one attached hydrogen (secondary N) is 1. The molecular weight excluding hydrogens is 348 g/mol. The smallest absolute Gasteiger partial charge is 0.261 e. The Bertz CT molecular complexity index is 757. The minimum Gasteiger partial charge on any atom is -0.480 e. The zero-order chi connectivity index (χ0) is 18.5. The first-order valence-electron chi connectivity index (χ1n) is 9.12. The van der Waals surface area contributed by atoms with E-state index in [0.717, 1.165) is 36.5 Å². The third kappa shape index (κ3) is 4.57. The third-order valence-corrected chi connectivity index (χ3v) is 5.01. The van der Waals surface area contributed by atoms with E-state index in [9.17, 15) is 4.79 Å². The van der Waals surface area contributed by atoms with Crippen molar-refractivity contribution in [3.8, 4) is 5.75 Å². The number of benzene rings is 2. The molecule has 4 nitrogen and oxygen atoms in total. The van der Waals surface area contributed by atoms with Gasteiger partial charge in [0.1, 0.15) is 5.75 Å². The molecule has 0 spiro atoms. The lowest BCUT2D eigenvalue weighted by Gasteiger charge is -2.18. The molecule has 1 atom stereocenters. The van der Waals surface area contributed by atoms with Gasteiger partial charge in [-0.1, -0.05) is 49.7 Å². The van der Waals surface area contributed by atoms with E-state index in [1.165, 1.54) is 5.56 Å². The highest BCUT2D eigenvalue weighted by Crippen LogP contribution is 2.31. The van der Waals surface area contributed by atoms with Crippen molar-refractivity contribution in [3.63, 3.8) is 0 Å². The average molecular weight is 373 g/mol. The highest BCUT2D eigenvalue weighted by atomic mass is 35.5. The van der Waals surface area contributed by atoms with Crippen LogP contribution in [0.5, 0.6) is 5.75 Å². The minimum absolute atomic E-state index is 0.0930. The van der Waals surface area contributed by atoms with Crippen molar-refractivity contribution in [1.82, 2.24) is 10.2 Å². The van der Waals surface area contributed by atoms with Gasteiger partial charge in [-0.3, -0.25) is 9.69 Å². The number of fused-ring (bicyclic) bond motifs is 1. The first kappa shape index (κ1) is 18.7. The molecule has 1 aliphatic heterocycles. The molecule has 3 rings (SSSR count). The maximum absolute atomic E-state index is 12.4. The third-order valence-electron chi connectivity index (χ3n) is 4.78. The topological polar surface area (TPSA) is 41.6 Å². The monoisotopic (exact) mass is 372 g/mol. The number of carbonyl (C=O) groups excluding carboxylic acids is 1. The van der Waals surface area contributed by atoms with E-state index in [1.54, 1.807) is 6.07 Å². The van der Waals surface area contributed by atoms with Crippen LogP contribution in [0.25, 0.3) is 0 Å². The Kier molecular flexibility index (Phi) is 6.17. The standard InChI is InChI=1S/C21H25ClN2O2/c1-3-24(4-2)14-16-7-5-15(6-8-16)13-23-21(25)20-12-17-11-18(22)9-10-19(17)26-20/h5-11,20H,3-4,12-14H2,1-2H3,(H,23,25). The van der Waals surface area contributed by atoms with Gasteiger partial charge in [-0.05, 0) is 48.0 Å². The van der Waals surface area contributed by atoms with Crippen LogP contribution < -0.4 is 10.1 Å². The average Bonchev–Trinajstić information content (AvgIpc) is 3.08. The van der Waals surface area contributed by atoms with Gasteiger partial charge in [0.2, 0.25) is 0 Å². The van der Waals surface area contributed by atoms with E-state index in [2.05, 4.69) is 48.3 Å². The van der Waals surface area contributed by atoms with E-state index in [0.29, 0.717) is 18.0 Å². The Morgan fingerprint density at radius 2 is 1.85 bits per heavy atom. The van der Waals surface area contributed by atoms with Crippen LogP contribution >= 0.6 is 11.6 Å². The summed E-state index contributed by atoms with van der Waals surface area (Å²) in [5, 5.41) is 3.63. The van der Waals surface area contributed by atoms with Crippen LogP contribution in [0.1, 0.15) is 30.5 Å². The summed E-state index contributed by atoms with van der Waals surface area (Å²) in [7, 11) is 0. The number of ether oxygens (including phenoxy) is 1. The maximum Gasteiger partial charge on any atom is 0.261 e. The second kappa shape index (κ2) is 8.56. The molecule has 0 saturated heterocycles. The second-order valence-electron chi connectivity index (χ2n) is 6.56. The number of carbonyl (C=O) groups is 1. The molecule has 5 heteroatoms. The highest BCUT2D eigenvalue weighted by molar-refractivity contribution is 6.30. The molecular formula is C21H25ClN2O2. The van der Waals surface area contributed by atoms with Crippen molar-refractivity contribution < 1.29 is 9.53 Å². The lowest BCUT2D eigenvalue weighted by Crippen LogP contribution is -2.37. The van der Waals surface area contributed by atoms with Crippen LogP contribution in [-0.4, -0.2) is 30.0 Å². The molecule has 1 amide bonds. The van der Waals surface area contributed by atoms with Crippen LogP contribution in [0.4, 0.5) is 0 Å². The van der Waals surface area contributed by atoms with Crippen molar-refractivity contribution in [2.24, 2.45) is 0 Å². The predicted molar refractivity (Wildman–Crippen MR) is 104 cm³/mol. The van der Waals surface area contributed by atoms with Gasteiger partial charge in [0.25, 0.3) is 5.91 Å². The summed E-state index contributed by atoms with van der Waals surface area (Å²) in [5.74, 6) is 0.653. The maximum atomic E-state index is 12.4. The summed E-state index contributed by atoms with van der Waals surface area (Å²) in [6, 6.07) is 13.9. The molecule has 1 N–H and O–H groups in total. The Morgan fingerprint density at radius 1 is 1.15 bits per heavy atom. The SMILES string of the molecule is CCN(CC)Cc1ccc(CNC(=O)C2Cc3cc(Cl)ccc3O2)cc1. The van der Waals surface area contributed by atoms with Crippen molar-refractivity contribution in [2.75, 3.05) is 13.1 Å². The van der Waals surface area contributed by atoms with Crippen LogP contribution in [0.15, 0.2) is 42.5 Å². The fourth-order valence-corrected chi connectivity index (χ4v) is 3.33. The lowest BCUT2D eigenvalue weighted by atomic mass is 10.1. The number of halogens is 1. The Labute approximate surface area is 160 Å². The molecule has 0 aliphatic carbocycles. The highest BCUT2D eigenvalue weighted by Gasteiger charge is 2.28. The van der Waals surface area contributed by atoms with Crippen molar-refractivity contribution in [2.45, 2.75) is 39.5 Å². The van der Waals surface area contributed by atoms with E-state index in [1.807, 2.05) is 12.1 Å². The molecule has 26 heavy (non-hydrogen) atoms. The molecule has 1 heterocycles. The largest absolute Gasteiger partial charge is 0.480 e. The van der Waals surface area contributed by atoms with Crippen molar-refractivity contribution >= 4 is 17.5 Å². The Hall–Kier alpha value is -2.04. The molecule has 0 radical (unpaired) electrons. The summed E-state index contributed by atoms with van der Waals surface area (Å²) in [5.41, 5.74) is 3.36. The molecule has 2 aromatic carbocycles. The molecule has 2 aromatic rings. The molecule has 138 valence electrons. The van der Waals surface area contributed by atoms with Crippen molar-refractivity contribution in [1.29, 1.82) is 0 Å². The number of rotatable bonds is 7. The van der Waals surface area contributed by atoms with E-state index in [4.69, 9.17) is 16.3 Å². The zero-order valence-corrected chi connectivity index (χ0v) is 16.1. The van der Waals surface area contributed by atoms with Crippen LogP contribution in [0, 0.1) is 0 Å². The Balaban J connectivity index is 1.51. The number of hydrogen-bond acceptors (Lipinski definition) is 3. The molecule has 0 aromatic heterocycles. The molecule has 0 fully saturated rings. The normalized spacial score (nSPS) is 15.6. The fourth-order valence-electron chi connectivity index (χ4n) is 3.13.